The zero-order valence-electron chi connectivity index (χ0n) is 15.0. The summed E-state index contributed by atoms with van der Waals surface area (Å²) in [5, 5.41) is 0.583. The number of benzene rings is 2. The third-order valence-corrected chi connectivity index (χ3v) is 5.01. The second-order valence-corrected chi connectivity index (χ2v) is 7.66. The van der Waals surface area contributed by atoms with Crippen LogP contribution in [0.3, 0.4) is 0 Å². The summed E-state index contributed by atoms with van der Waals surface area (Å²) >= 11 is 9.20. The lowest BCUT2D eigenvalue weighted by Crippen LogP contribution is -2.16. The summed E-state index contributed by atoms with van der Waals surface area (Å²) in [6.45, 7) is 0.145. The highest BCUT2D eigenvalue weighted by Crippen LogP contribution is 2.18. The summed E-state index contributed by atoms with van der Waals surface area (Å²) < 4.78 is 7.99. The van der Waals surface area contributed by atoms with Gasteiger partial charge in [0.15, 0.2) is 5.78 Å². The van der Waals surface area contributed by atoms with Crippen LogP contribution in [-0.4, -0.2) is 15.2 Å². The smallest absolute Gasteiger partial charge is 0.258 e. The number of halogens is 2. The van der Waals surface area contributed by atoms with Gasteiger partial charge in [0.25, 0.3) is 5.56 Å². The Labute approximate surface area is 179 Å². The van der Waals surface area contributed by atoms with Crippen LogP contribution < -0.4 is 10.3 Å². The Morgan fingerprint density at radius 1 is 1.00 bits per heavy atom. The van der Waals surface area contributed by atoms with E-state index in [1.54, 1.807) is 60.8 Å². The SMILES string of the molecule is O=C(c1ccc(Cl)cc1)c1ccc(OCc2cc(=O)n3cc(Br)ccc3n2)cc1. The fourth-order valence-corrected chi connectivity index (χ4v) is 3.29. The first-order valence-corrected chi connectivity index (χ1v) is 9.88. The summed E-state index contributed by atoms with van der Waals surface area (Å²) in [5.74, 6) is 0.485. The average Bonchev–Trinajstić information content (AvgIpc) is 2.73. The Balaban J connectivity index is 1.47. The largest absolute Gasteiger partial charge is 0.487 e. The van der Waals surface area contributed by atoms with E-state index in [2.05, 4.69) is 20.9 Å². The molecule has 0 saturated heterocycles. The number of ether oxygens (including phenoxy) is 1. The number of carbonyl (C=O) groups is 1. The Morgan fingerprint density at radius 3 is 2.34 bits per heavy atom. The molecule has 0 bridgehead atoms. The zero-order valence-corrected chi connectivity index (χ0v) is 17.4. The normalized spacial score (nSPS) is 10.8. The molecule has 7 heteroatoms. The number of carbonyl (C=O) groups excluding carboxylic acids is 1. The molecule has 144 valence electrons. The van der Waals surface area contributed by atoms with Crippen LogP contribution in [0.5, 0.6) is 5.75 Å². The molecule has 0 aliphatic rings. The molecular formula is C22H14BrClN2O3. The topological polar surface area (TPSA) is 60.7 Å². The molecule has 0 saturated carbocycles. The minimum absolute atomic E-state index is 0.0939. The maximum atomic E-state index is 12.5. The fraction of sp³-hybridized carbons (Fsp3) is 0.0455. The Kier molecular flexibility index (Phi) is 5.47. The zero-order chi connectivity index (χ0) is 20.4. The summed E-state index contributed by atoms with van der Waals surface area (Å²) in [7, 11) is 0. The number of pyridine rings is 1. The first-order chi connectivity index (χ1) is 14.0. The molecule has 0 aliphatic carbocycles. The van der Waals surface area contributed by atoms with Crippen molar-refractivity contribution in [2.24, 2.45) is 0 Å². The van der Waals surface area contributed by atoms with E-state index in [9.17, 15) is 9.59 Å². The minimum atomic E-state index is -0.182. The van der Waals surface area contributed by atoms with E-state index in [-0.39, 0.29) is 17.9 Å². The predicted molar refractivity (Wildman–Crippen MR) is 115 cm³/mol. The first kappa shape index (κ1) is 19.4. The van der Waals surface area contributed by atoms with Crippen LogP contribution in [0.4, 0.5) is 0 Å². The molecule has 4 aromatic rings. The number of ketones is 1. The molecule has 0 radical (unpaired) electrons. The predicted octanol–water partition coefficient (Wildman–Crippen LogP) is 4.92. The van der Waals surface area contributed by atoms with Gasteiger partial charge in [-0.1, -0.05) is 11.6 Å². The molecule has 0 spiro atoms. The van der Waals surface area contributed by atoms with Gasteiger partial charge in [-0.2, -0.15) is 0 Å². The molecule has 0 unspecified atom stereocenters. The van der Waals surface area contributed by atoms with Gasteiger partial charge in [-0.05, 0) is 76.6 Å². The summed E-state index contributed by atoms with van der Waals surface area (Å²) in [4.78, 5) is 29.2. The number of nitrogens with zero attached hydrogens (tertiary/aromatic N) is 2. The van der Waals surface area contributed by atoms with Crippen molar-refractivity contribution in [1.82, 2.24) is 9.38 Å². The van der Waals surface area contributed by atoms with E-state index in [1.165, 1.54) is 10.5 Å². The molecule has 2 aromatic heterocycles. The molecule has 0 atom stereocenters. The number of aromatic nitrogens is 2. The van der Waals surface area contributed by atoms with Crippen LogP contribution in [0, 0.1) is 0 Å². The molecular weight excluding hydrogens is 456 g/mol. The summed E-state index contributed by atoms with van der Waals surface area (Å²) in [5.41, 5.74) is 2.00. The molecule has 29 heavy (non-hydrogen) atoms. The summed E-state index contributed by atoms with van der Waals surface area (Å²) in [6, 6.07) is 18.6. The Bertz CT molecular complexity index is 1250. The lowest BCUT2D eigenvalue weighted by atomic mass is 10.0. The Morgan fingerprint density at radius 2 is 1.66 bits per heavy atom. The van der Waals surface area contributed by atoms with Crippen LogP contribution in [0.15, 0.2) is 82.2 Å². The van der Waals surface area contributed by atoms with Crippen LogP contribution in [-0.2, 0) is 6.61 Å². The van der Waals surface area contributed by atoms with E-state index >= 15 is 0 Å². The molecule has 0 amide bonds. The van der Waals surface area contributed by atoms with E-state index < -0.39 is 0 Å². The molecule has 4 rings (SSSR count). The third-order valence-electron chi connectivity index (χ3n) is 4.29. The molecule has 0 N–H and O–H groups in total. The quantitative estimate of drug-likeness (QED) is 0.389. The number of hydrogen-bond acceptors (Lipinski definition) is 4. The van der Waals surface area contributed by atoms with E-state index in [0.717, 1.165) is 4.47 Å². The van der Waals surface area contributed by atoms with Crippen LogP contribution in [0.1, 0.15) is 21.6 Å². The standard InChI is InChI=1S/C22H14BrClN2O3/c23-16-5-10-20-25-18(11-21(27)26(20)12-16)13-29-19-8-3-15(4-9-19)22(28)14-1-6-17(24)7-2-14/h1-12H,13H2. The lowest BCUT2D eigenvalue weighted by molar-refractivity contribution is 0.103. The van der Waals surface area contributed by atoms with Crippen molar-refractivity contribution in [1.29, 1.82) is 0 Å². The Hall–Kier alpha value is -2.96. The molecule has 0 aliphatic heterocycles. The van der Waals surface area contributed by atoms with Gasteiger partial charge in [0.2, 0.25) is 0 Å². The van der Waals surface area contributed by atoms with Crippen molar-refractivity contribution in [2.75, 3.05) is 0 Å². The van der Waals surface area contributed by atoms with Gasteiger partial charge in [-0.15, -0.1) is 0 Å². The van der Waals surface area contributed by atoms with Crippen molar-refractivity contribution < 1.29 is 9.53 Å². The van der Waals surface area contributed by atoms with Crippen molar-refractivity contribution in [3.05, 3.63) is 110 Å². The number of hydrogen-bond donors (Lipinski definition) is 0. The second-order valence-electron chi connectivity index (χ2n) is 6.31. The fourth-order valence-electron chi connectivity index (χ4n) is 2.83. The summed E-state index contributed by atoms with van der Waals surface area (Å²) in [6.07, 6.45) is 1.67. The van der Waals surface area contributed by atoms with Crippen molar-refractivity contribution >= 4 is 39.0 Å². The number of rotatable bonds is 5. The van der Waals surface area contributed by atoms with E-state index in [0.29, 0.717) is 33.2 Å². The monoisotopic (exact) mass is 468 g/mol. The van der Waals surface area contributed by atoms with Gasteiger partial charge in [0, 0.05) is 32.9 Å². The highest BCUT2D eigenvalue weighted by molar-refractivity contribution is 9.10. The maximum Gasteiger partial charge on any atom is 0.258 e. The van der Waals surface area contributed by atoms with E-state index in [1.807, 2.05) is 6.07 Å². The second kappa shape index (κ2) is 8.19. The van der Waals surface area contributed by atoms with Crippen molar-refractivity contribution in [3.63, 3.8) is 0 Å². The average molecular weight is 470 g/mol. The van der Waals surface area contributed by atoms with Crippen LogP contribution in [0.25, 0.3) is 5.65 Å². The highest BCUT2D eigenvalue weighted by Gasteiger charge is 2.09. The van der Waals surface area contributed by atoms with Gasteiger partial charge in [0.1, 0.15) is 18.0 Å². The third kappa shape index (κ3) is 4.39. The molecule has 2 heterocycles. The minimum Gasteiger partial charge on any atom is -0.487 e. The highest BCUT2D eigenvalue weighted by atomic mass is 79.9. The van der Waals surface area contributed by atoms with E-state index in [4.69, 9.17) is 16.3 Å². The van der Waals surface area contributed by atoms with Gasteiger partial charge >= 0.3 is 0 Å². The molecule has 5 nitrogen and oxygen atoms in total. The van der Waals surface area contributed by atoms with Gasteiger partial charge in [0.05, 0.1) is 5.69 Å². The van der Waals surface area contributed by atoms with Crippen LogP contribution >= 0.6 is 27.5 Å². The van der Waals surface area contributed by atoms with Gasteiger partial charge < -0.3 is 4.74 Å². The lowest BCUT2D eigenvalue weighted by Gasteiger charge is -2.08. The van der Waals surface area contributed by atoms with Crippen molar-refractivity contribution in [3.8, 4) is 5.75 Å². The van der Waals surface area contributed by atoms with Crippen LogP contribution in [0.2, 0.25) is 5.02 Å². The molecule has 2 aromatic carbocycles. The van der Waals surface area contributed by atoms with Gasteiger partial charge in [-0.3, -0.25) is 14.0 Å². The molecule has 0 fully saturated rings. The first-order valence-electron chi connectivity index (χ1n) is 8.70. The number of fused-ring (bicyclic) bond motifs is 1. The maximum absolute atomic E-state index is 12.5. The van der Waals surface area contributed by atoms with Gasteiger partial charge in [-0.25, -0.2) is 4.98 Å². The van der Waals surface area contributed by atoms with Crippen molar-refractivity contribution in [2.45, 2.75) is 6.61 Å².